The smallest absolute Gasteiger partial charge is 0.336 e. The number of carbonyl (C=O) groups is 2. The van der Waals surface area contributed by atoms with Gasteiger partial charge >= 0.3 is 5.97 Å². The van der Waals surface area contributed by atoms with Gasteiger partial charge in [-0.3, -0.25) is 4.79 Å². The minimum atomic E-state index is -0.961. The van der Waals surface area contributed by atoms with Crippen LogP contribution in [0.3, 0.4) is 0 Å². The minimum absolute atomic E-state index is 0.196. The molecule has 3 rings (SSSR count). The van der Waals surface area contributed by atoms with Crippen molar-refractivity contribution in [1.29, 1.82) is 0 Å². The van der Waals surface area contributed by atoms with E-state index < -0.39 is 5.97 Å². The Kier molecular flexibility index (Phi) is 6.06. The maximum Gasteiger partial charge on any atom is 0.336 e. The molecule has 0 aliphatic carbocycles. The van der Waals surface area contributed by atoms with Gasteiger partial charge < -0.3 is 9.67 Å². The van der Waals surface area contributed by atoms with Gasteiger partial charge in [0.15, 0.2) is 11.4 Å². The number of benzene rings is 2. The van der Waals surface area contributed by atoms with Gasteiger partial charge in [0.1, 0.15) is 11.5 Å². The van der Waals surface area contributed by atoms with Gasteiger partial charge in [-0.2, -0.15) is 0 Å². The second-order valence-corrected chi connectivity index (χ2v) is 6.59. The molecule has 5 nitrogen and oxygen atoms in total. The van der Waals surface area contributed by atoms with Crippen LogP contribution in [0.5, 0.6) is 0 Å². The lowest BCUT2D eigenvalue weighted by Crippen LogP contribution is -2.08. The summed E-state index contributed by atoms with van der Waals surface area (Å²) < 4.78 is 1.80. The molecule has 1 heterocycles. The number of aromatic nitrogens is 2. The van der Waals surface area contributed by atoms with Gasteiger partial charge in [-0.05, 0) is 29.7 Å². The number of aromatic carboxylic acids is 1. The summed E-state index contributed by atoms with van der Waals surface area (Å²) in [6, 6.07) is 14.5. The van der Waals surface area contributed by atoms with Crippen molar-refractivity contribution in [2.75, 3.05) is 0 Å². The first-order chi connectivity index (χ1) is 13.5. The molecule has 28 heavy (non-hydrogen) atoms. The molecule has 0 spiro atoms. The fourth-order valence-electron chi connectivity index (χ4n) is 3.04. The number of imidazole rings is 1. The van der Waals surface area contributed by atoms with Crippen LogP contribution in [-0.2, 0) is 13.0 Å². The molecule has 2 aromatic carbocycles. The summed E-state index contributed by atoms with van der Waals surface area (Å²) in [5.41, 5.74) is 3.04. The number of hydrogen-bond donors (Lipinski definition) is 1. The number of hydrogen-bond acceptors (Lipinski definition) is 3. The standard InChI is InChI=1S/C22H19ClN2O3/c1-2-3-8-20-24-21(23)19(14-26)25(20)13-15-9-11-16(12-10-15)17-6-4-5-7-18(17)22(27)28/h2-7,9-12,14H,8,13H2,1H3,(H,27,28). The fourth-order valence-corrected chi connectivity index (χ4v) is 3.29. The van der Waals surface area contributed by atoms with Crippen LogP contribution < -0.4 is 0 Å². The third-order valence-corrected chi connectivity index (χ3v) is 4.73. The SMILES string of the molecule is CC=CCc1nc(Cl)c(C=O)n1Cc1ccc(-c2ccccc2C(=O)O)cc1. The number of halogens is 1. The van der Waals surface area contributed by atoms with Crippen molar-refractivity contribution in [2.24, 2.45) is 0 Å². The molecule has 0 unspecified atom stereocenters. The molecule has 3 aromatic rings. The van der Waals surface area contributed by atoms with Gasteiger partial charge in [0.2, 0.25) is 0 Å². The van der Waals surface area contributed by atoms with Crippen molar-refractivity contribution in [3.8, 4) is 11.1 Å². The van der Waals surface area contributed by atoms with E-state index in [0.717, 1.165) is 11.1 Å². The molecule has 0 aliphatic heterocycles. The zero-order valence-corrected chi connectivity index (χ0v) is 16.1. The quantitative estimate of drug-likeness (QED) is 0.458. The number of carboxylic acids is 1. The van der Waals surface area contributed by atoms with Crippen LogP contribution in [0, 0.1) is 0 Å². The lowest BCUT2D eigenvalue weighted by atomic mass is 9.99. The van der Waals surface area contributed by atoms with Crippen molar-refractivity contribution in [1.82, 2.24) is 9.55 Å². The van der Waals surface area contributed by atoms with E-state index in [1.807, 2.05) is 49.4 Å². The zero-order chi connectivity index (χ0) is 20.1. The van der Waals surface area contributed by atoms with Crippen LogP contribution in [0.15, 0.2) is 60.7 Å². The Bertz CT molecular complexity index is 1040. The average molecular weight is 395 g/mol. The third kappa shape index (κ3) is 4.05. The largest absolute Gasteiger partial charge is 0.478 e. The van der Waals surface area contributed by atoms with E-state index in [9.17, 15) is 14.7 Å². The highest BCUT2D eigenvalue weighted by atomic mass is 35.5. The molecule has 1 N–H and O–H groups in total. The molecule has 142 valence electrons. The molecular formula is C22H19ClN2O3. The normalized spacial score (nSPS) is 11.1. The molecule has 0 saturated carbocycles. The molecule has 0 radical (unpaired) electrons. The third-order valence-electron chi connectivity index (χ3n) is 4.45. The Morgan fingerprint density at radius 3 is 2.54 bits per heavy atom. The van der Waals surface area contributed by atoms with Crippen LogP contribution >= 0.6 is 11.6 Å². The van der Waals surface area contributed by atoms with Crippen LogP contribution in [0.25, 0.3) is 11.1 Å². The molecule has 0 bridgehead atoms. The first-order valence-corrected chi connectivity index (χ1v) is 9.15. The summed E-state index contributed by atoms with van der Waals surface area (Å²) in [6.07, 6.45) is 5.16. The van der Waals surface area contributed by atoms with E-state index in [-0.39, 0.29) is 10.7 Å². The lowest BCUT2D eigenvalue weighted by molar-refractivity contribution is 0.0697. The number of carboxylic acid groups (broad SMARTS) is 1. The van der Waals surface area contributed by atoms with Crippen molar-refractivity contribution in [3.05, 3.63) is 88.5 Å². The monoisotopic (exact) mass is 394 g/mol. The molecule has 0 aliphatic rings. The van der Waals surface area contributed by atoms with Gasteiger partial charge in [0, 0.05) is 13.0 Å². The Morgan fingerprint density at radius 2 is 1.89 bits per heavy atom. The summed E-state index contributed by atoms with van der Waals surface area (Å²) in [7, 11) is 0. The van der Waals surface area contributed by atoms with Crippen LogP contribution in [0.2, 0.25) is 5.15 Å². The predicted molar refractivity (Wildman–Crippen MR) is 109 cm³/mol. The van der Waals surface area contributed by atoms with E-state index in [1.165, 1.54) is 0 Å². The topological polar surface area (TPSA) is 72.2 Å². The number of allylic oxidation sites excluding steroid dienone is 2. The predicted octanol–water partition coefficient (Wildman–Crippen LogP) is 4.88. The van der Waals surface area contributed by atoms with E-state index in [0.29, 0.717) is 36.3 Å². The number of nitrogens with zero attached hydrogens (tertiary/aromatic N) is 2. The summed E-state index contributed by atoms with van der Waals surface area (Å²) >= 11 is 6.10. The van der Waals surface area contributed by atoms with Gasteiger partial charge in [0.25, 0.3) is 0 Å². The highest BCUT2D eigenvalue weighted by Crippen LogP contribution is 2.25. The van der Waals surface area contributed by atoms with Crippen molar-refractivity contribution < 1.29 is 14.7 Å². The Hall–Kier alpha value is -3.18. The van der Waals surface area contributed by atoms with Crippen molar-refractivity contribution in [3.63, 3.8) is 0 Å². The van der Waals surface area contributed by atoms with E-state index >= 15 is 0 Å². The summed E-state index contributed by atoms with van der Waals surface area (Å²) in [5, 5.41) is 9.57. The van der Waals surface area contributed by atoms with Gasteiger partial charge in [-0.25, -0.2) is 9.78 Å². The molecular weight excluding hydrogens is 376 g/mol. The maximum atomic E-state index is 11.4. The van der Waals surface area contributed by atoms with Crippen LogP contribution in [-0.4, -0.2) is 26.9 Å². The van der Waals surface area contributed by atoms with Crippen LogP contribution in [0.4, 0.5) is 0 Å². The molecule has 0 fully saturated rings. The number of rotatable bonds is 7. The Labute approximate surface area is 167 Å². The lowest BCUT2D eigenvalue weighted by Gasteiger charge is -2.11. The van der Waals surface area contributed by atoms with Gasteiger partial charge in [-0.15, -0.1) is 0 Å². The molecule has 0 atom stereocenters. The van der Waals surface area contributed by atoms with Crippen LogP contribution in [0.1, 0.15) is 39.2 Å². The average Bonchev–Trinajstić information content (AvgIpc) is 3.01. The van der Waals surface area contributed by atoms with Crippen molar-refractivity contribution >= 4 is 23.9 Å². The fraction of sp³-hybridized carbons (Fsp3) is 0.136. The minimum Gasteiger partial charge on any atom is -0.478 e. The van der Waals surface area contributed by atoms with Gasteiger partial charge in [-0.1, -0.05) is 66.2 Å². The highest BCUT2D eigenvalue weighted by molar-refractivity contribution is 6.31. The molecule has 0 amide bonds. The highest BCUT2D eigenvalue weighted by Gasteiger charge is 2.15. The second kappa shape index (κ2) is 8.67. The number of aldehydes is 1. The summed E-state index contributed by atoms with van der Waals surface area (Å²) in [6.45, 7) is 2.37. The number of carbonyl (C=O) groups excluding carboxylic acids is 1. The zero-order valence-electron chi connectivity index (χ0n) is 15.3. The van der Waals surface area contributed by atoms with E-state index in [2.05, 4.69) is 4.98 Å². The molecule has 6 heteroatoms. The second-order valence-electron chi connectivity index (χ2n) is 6.23. The molecule has 0 saturated heterocycles. The first kappa shape index (κ1) is 19.6. The molecule has 1 aromatic heterocycles. The van der Waals surface area contributed by atoms with E-state index in [1.54, 1.807) is 22.8 Å². The summed E-state index contributed by atoms with van der Waals surface area (Å²) in [4.78, 5) is 27.2. The summed E-state index contributed by atoms with van der Waals surface area (Å²) in [5.74, 6) is -0.248. The van der Waals surface area contributed by atoms with Gasteiger partial charge in [0.05, 0.1) is 5.56 Å². The van der Waals surface area contributed by atoms with E-state index in [4.69, 9.17) is 11.6 Å². The van der Waals surface area contributed by atoms with Crippen molar-refractivity contribution in [2.45, 2.75) is 19.9 Å². The Balaban J connectivity index is 1.92. The maximum absolute atomic E-state index is 11.4. The first-order valence-electron chi connectivity index (χ1n) is 8.78. The Morgan fingerprint density at radius 1 is 1.18 bits per heavy atom.